The van der Waals surface area contributed by atoms with Crippen LogP contribution in [0.3, 0.4) is 0 Å². The largest absolute Gasteiger partial charge is 0.442 e. The zero-order valence-corrected chi connectivity index (χ0v) is 19.5. The van der Waals surface area contributed by atoms with Crippen LogP contribution >= 0.6 is 0 Å². The van der Waals surface area contributed by atoms with Gasteiger partial charge in [-0.2, -0.15) is 0 Å². The van der Waals surface area contributed by atoms with Gasteiger partial charge >= 0.3 is 6.09 Å². The summed E-state index contributed by atoms with van der Waals surface area (Å²) >= 11 is 0. The topological polar surface area (TPSA) is 63.7 Å². The number of fused-ring (bicyclic) bond motifs is 2. The highest BCUT2D eigenvalue weighted by atomic mass is 32.2. The Balaban J connectivity index is 2.24. The normalized spacial score (nSPS) is 31.1. The highest BCUT2D eigenvalue weighted by molar-refractivity contribution is 7.93. The van der Waals surface area contributed by atoms with E-state index in [-0.39, 0.29) is 4.90 Å². The molecule has 0 aromatic heterocycles. The Morgan fingerprint density at radius 3 is 2.21 bits per heavy atom. The van der Waals surface area contributed by atoms with Gasteiger partial charge in [0.2, 0.25) is 9.84 Å². The molecule has 29 heavy (non-hydrogen) atoms. The fourth-order valence-electron chi connectivity index (χ4n) is 5.02. The summed E-state index contributed by atoms with van der Waals surface area (Å²) in [5.74, 6) is -1.30. The molecular weight excluding hydrogens is 409 g/mol. The van der Waals surface area contributed by atoms with Crippen molar-refractivity contribution >= 4 is 24.0 Å². The zero-order valence-electron chi connectivity index (χ0n) is 17.7. The van der Waals surface area contributed by atoms with Gasteiger partial charge in [0.05, 0.1) is 4.90 Å². The number of alkyl halides is 1. The Morgan fingerprint density at radius 1 is 1.14 bits per heavy atom. The summed E-state index contributed by atoms with van der Waals surface area (Å²) in [4.78, 5) is 14.4. The fourth-order valence-corrected chi connectivity index (χ4v) is 11.3. The molecule has 1 aromatic carbocycles. The Labute approximate surface area is 173 Å². The fraction of sp³-hybridized carbons (Fsp3) is 0.571. The van der Waals surface area contributed by atoms with Crippen LogP contribution in [0.4, 0.5) is 9.18 Å². The van der Waals surface area contributed by atoms with E-state index in [2.05, 4.69) is 0 Å². The molecule has 5 nitrogen and oxygen atoms in total. The van der Waals surface area contributed by atoms with E-state index in [1.165, 1.54) is 17.0 Å². The minimum atomic E-state index is -4.42. The molecule has 1 saturated carbocycles. The number of carbonyl (C=O) groups excluding carboxylic acids is 1. The molecule has 2 aliphatic carbocycles. The standard InChI is InChI=1S/C21H30FNO4SSi/c1-6-23(7-2)19(24)27-21(29(3,4)5)17-14-13-16(15-17)20(21,22)28(25,26)18-11-9-8-10-12-18/h8-14,16-17H,6-7,15H2,1-5H3/t16-,17+,20-,21-/m0/s1. The van der Waals surface area contributed by atoms with E-state index >= 15 is 4.39 Å². The van der Waals surface area contributed by atoms with Crippen LogP contribution in [0, 0.1) is 11.8 Å². The highest BCUT2D eigenvalue weighted by Crippen LogP contribution is 2.63. The zero-order chi connectivity index (χ0) is 21.7. The molecule has 2 bridgehead atoms. The van der Waals surface area contributed by atoms with E-state index in [0.29, 0.717) is 19.5 Å². The summed E-state index contributed by atoms with van der Waals surface area (Å²) in [6.45, 7) is 10.1. The number of carbonyl (C=O) groups is 1. The Bertz CT molecular complexity index is 910. The van der Waals surface area contributed by atoms with E-state index < -0.39 is 46.1 Å². The van der Waals surface area contributed by atoms with Gasteiger partial charge in [-0.15, -0.1) is 0 Å². The first-order chi connectivity index (χ1) is 13.5. The maximum Gasteiger partial charge on any atom is 0.410 e. The van der Waals surface area contributed by atoms with Crippen LogP contribution in [0.1, 0.15) is 20.3 Å². The third-order valence-corrected chi connectivity index (χ3v) is 11.9. The average Bonchev–Trinajstić information content (AvgIpc) is 3.24. The van der Waals surface area contributed by atoms with Crippen molar-refractivity contribution in [1.29, 1.82) is 0 Å². The van der Waals surface area contributed by atoms with Gasteiger partial charge < -0.3 is 9.64 Å². The molecule has 1 aromatic rings. The molecule has 3 rings (SSSR count). The lowest BCUT2D eigenvalue weighted by Gasteiger charge is -2.51. The van der Waals surface area contributed by atoms with Crippen molar-refractivity contribution in [3.05, 3.63) is 42.5 Å². The van der Waals surface area contributed by atoms with Gasteiger partial charge in [-0.05, 0) is 32.4 Å². The molecule has 2 aliphatic rings. The Morgan fingerprint density at radius 2 is 1.69 bits per heavy atom. The van der Waals surface area contributed by atoms with Gasteiger partial charge in [-0.3, -0.25) is 0 Å². The van der Waals surface area contributed by atoms with E-state index in [1.54, 1.807) is 24.3 Å². The van der Waals surface area contributed by atoms with E-state index in [0.717, 1.165) is 0 Å². The van der Waals surface area contributed by atoms with E-state index in [9.17, 15) is 13.2 Å². The van der Waals surface area contributed by atoms with Crippen molar-refractivity contribution < 1.29 is 22.3 Å². The van der Waals surface area contributed by atoms with Crippen molar-refractivity contribution in [3.8, 4) is 0 Å². The Kier molecular flexibility index (Phi) is 5.49. The summed E-state index contributed by atoms with van der Waals surface area (Å²) in [7, 11) is -7.14. The maximum absolute atomic E-state index is 17.2. The molecule has 0 radical (unpaired) electrons. The smallest absolute Gasteiger partial charge is 0.410 e. The number of halogens is 1. The molecule has 0 aliphatic heterocycles. The minimum absolute atomic E-state index is 0.0787. The third-order valence-electron chi connectivity index (χ3n) is 6.42. The molecule has 1 fully saturated rings. The second-order valence-electron chi connectivity index (χ2n) is 8.82. The van der Waals surface area contributed by atoms with Gasteiger partial charge in [-0.1, -0.05) is 50.0 Å². The summed E-state index contributed by atoms with van der Waals surface area (Å²) in [5.41, 5.74) is 0. The number of hydrogen-bond acceptors (Lipinski definition) is 4. The molecule has 160 valence electrons. The lowest BCUT2D eigenvalue weighted by Crippen LogP contribution is -2.72. The minimum Gasteiger partial charge on any atom is -0.442 e. The molecule has 0 unspecified atom stereocenters. The number of sulfone groups is 1. The third kappa shape index (κ3) is 2.90. The van der Waals surface area contributed by atoms with Crippen molar-refractivity contribution in [2.24, 2.45) is 11.8 Å². The maximum atomic E-state index is 17.2. The number of amides is 1. The molecule has 0 spiro atoms. The van der Waals surface area contributed by atoms with Crippen LogP contribution in [0.15, 0.2) is 47.4 Å². The first-order valence-corrected chi connectivity index (χ1v) is 15.1. The van der Waals surface area contributed by atoms with Gasteiger partial charge in [0.1, 0.15) is 8.07 Å². The molecule has 1 amide bonds. The SMILES string of the molecule is CCN(CC)C(=O)O[C@]1([Si](C)(C)C)[C@@H]2C=C[C@@H](C2)[C@]1(F)S(=O)(=O)c1ccccc1. The summed E-state index contributed by atoms with van der Waals surface area (Å²) in [5, 5.41) is -4.40. The van der Waals surface area contributed by atoms with E-state index in [4.69, 9.17) is 4.74 Å². The first kappa shape index (κ1) is 22.0. The van der Waals surface area contributed by atoms with Crippen molar-refractivity contribution in [1.82, 2.24) is 4.90 Å². The second kappa shape index (κ2) is 7.23. The molecule has 0 saturated heterocycles. The average molecular weight is 440 g/mol. The second-order valence-corrected chi connectivity index (χ2v) is 16.1. The molecule has 4 atom stereocenters. The predicted octanol–water partition coefficient (Wildman–Crippen LogP) is 4.43. The molecule has 8 heteroatoms. The lowest BCUT2D eigenvalue weighted by molar-refractivity contribution is -0.0373. The summed E-state index contributed by atoms with van der Waals surface area (Å²) < 4.78 is 50.6. The molecular formula is C21H30FNO4SSi. The van der Waals surface area contributed by atoms with Crippen molar-refractivity contribution in [3.63, 3.8) is 0 Å². The number of hydrogen-bond donors (Lipinski definition) is 0. The van der Waals surface area contributed by atoms with Crippen LogP contribution in [0.5, 0.6) is 0 Å². The lowest BCUT2D eigenvalue weighted by atomic mass is 10.0. The number of nitrogens with zero attached hydrogens (tertiary/aromatic N) is 1. The number of allylic oxidation sites excluding steroid dienone is 1. The van der Waals surface area contributed by atoms with Crippen molar-refractivity contribution in [2.45, 2.75) is 55.0 Å². The number of benzene rings is 1. The molecule has 0 heterocycles. The van der Waals surface area contributed by atoms with Crippen LogP contribution < -0.4 is 0 Å². The van der Waals surface area contributed by atoms with Gasteiger partial charge in [0.25, 0.3) is 5.00 Å². The number of rotatable bonds is 6. The van der Waals surface area contributed by atoms with Crippen LogP contribution in [-0.2, 0) is 14.6 Å². The monoisotopic (exact) mass is 439 g/mol. The summed E-state index contributed by atoms with van der Waals surface area (Å²) in [6.07, 6.45) is 3.17. The van der Waals surface area contributed by atoms with Crippen molar-refractivity contribution in [2.75, 3.05) is 13.1 Å². The molecule has 0 N–H and O–H groups in total. The van der Waals surface area contributed by atoms with Crippen LogP contribution in [-0.4, -0.2) is 50.8 Å². The van der Waals surface area contributed by atoms with Gasteiger partial charge in [-0.25, -0.2) is 17.6 Å². The van der Waals surface area contributed by atoms with Crippen LogP contribution in [0.25, 0.3) is 0 Å². The first-order valence-electron chi connectivity index (χ1n) is 10.1. The van der Waals surface area contributed by atoms with E-state index in [1.807, 2.05) is 39.6 Å². The summed E-state index contributed by atoms with van der Waals surface area (Å²) in [6, 6.07) is 7.67. The Hall–Kier alpha value is -1.67. The van der Waals surface area contributed by atoms with Gasteiger partial charge in [0, 0.05) is 24.9 Å². The predicted molar refractivity (Wildman–Crippen MR) is 114 cm³/mol. The number of ether oxygens (including phenoxy) is 1. The van der Waals surface area contributed by atoms with Crippen LogP contribution in [0.2, 0.25) is 19.6 Å². The highest BCUT2D eigenvalue weighted by Gasteiger charge is 2.79. The quantitative estimate of drug-likeness (QED) is 0.486. The van der Waals surface area contributed by atoms with Gasteiger partial charge in [0.15, 0.2) is 5.22 Å².